The minimum atomic E-state index is -1.67. The molecule has 2 aliphatic rings. The second kappa shape index (κ2) is 12.4. The lowest BCUT2D eigenvalue weighted by Crippen LogP contribution is -2.43. The Hall–Kier alpha value is -2.63. The molecule has 0 amide bonds. The molecule has 0 saturated carbocycles. The highest BCUT2D eigenvalue weighted by Gasteiger charge is 2.47. The molecule has 0 nitrogen and oxygen atoms in total. The fourth-order valence-electron chi connectivity index (χ4n) is 7.61. The molecule has 2 unspecified atom stereocenters. The molecule has 0 saturated heterocycles. The predicted molar refractivity (Wildman–Crippen MR) is 209 cm³/mol. The van der Waals surface area contributed by atoms with Crippen molar-refractivity contribution in [2.45, 2.75) is 92.4 Å². The van der Waals surface area contributed by atoms with Gasteiger partial charge in [0, 0.05) is 10.1 Å². The van der Waals surface area contributed by atoms with Crippen LogP contribution in [0.4, 0.5) is 0 Å². The normalized spacial score (nSPS) is 20.0. The maximum absolute atomic E-state index is 5.43. The molecule has 0 spiro atoms. The van der Waals surface area contributed by atoms with Crippen LogP contribution in [0, 0.1) is 41.5 Å². The van der Waals surface area contributed by atoms with E-state index in [2.05, 4.69) is 142 Å². The van der Waals surface area contributed by atoms with Gasteiger partial charge in [-0.2, -0.15) is 0 Å². The molecule has 0 aliphatic heterocycles. The summed E-state index contributed by atoms with van der Waals surface area (Å²) >= 11 is 10.9. The molecule has 4 aromatic carbocycles. The van der Waals surface area contributed by atoms with E-state index in [0.717, 1.165) is 0 Å². The summed E-state index contributed by atoms with van der Waals surface area (Å²) in [5.41, 5.74) is 22.3. The molecule has 0 fully saturated rings. The van der Waals surface area contributed by atoms with E-state index in [-0.39, 0.29) is 10.1 Å². The predicted octanol–water partition coefficient (Wildman–Crippen LogP) is 12.7. The van der Waals surface area contributed by atoms with Gasteiger partial charge in [0.25, 0.3) is 0 Å². The molecular weight excluding hydrogens is 632 g/mol. The quantitative estimate of drug-likeness (QED) is 0.149. The van der Waals surface area contributed by atoms with Gasteiger partial charge in [0.15, 0.2) is 0 Å². The van der Waals surface area contributed by atoms with Gasteiger partial charge in [-0.05, 0) is 124 Å². The monoisotopic (exact) mass is 678 g/mol. The SMILES string of the molecule is CC1=Cc2c(ccc(C)c2-c2cc(C)cc(C)c2)C1(C)[Si]C1(C)C(C)=Cc2c1ccc(C)c2-c1cc(C)cc(C)c1.C[Si](C)(Cl)Cl. The number of hydrogen-bond acceptors (Lipinski definition) is 0. The Morgan fingerprint density at radius 1 is 0.522 bits per heavy atom. The highest BCUT2D eigenvalue weighted by molar-refractivity contribution is 7.44. The molecule has 0 heterocycles. The highest BCUT2D eigenvalue weighted by atomic mass is 35.7. The summed E-state index contributed by atoms with van der Waals surface area (Å²) < 4.78 is 0. The fraction of sp³-hybridized carbons (Fsp3) is 0.333. The van der Waals surface area contributed by atoms with Crippen molar-refractivity contribution in [2.75, 3.05) is 0 Å². The van der Waals surface area contributed by atoms with Crippen molar-refractivity contribution in [3.05, 3.63) is 127 Å². The van der Waals surface area contributed by atoms with E-state index >= 15 is 0 Å². The standard InChI is InChI=1S/C40H42Si.C2H6Cl2Si/c1-23-15-24(2)18-31(17-23)37-27(5)11-13-35-33(37)21-29(7)39(35,9)41-40(10)30(8)22-34-36(40)14-12-28(6)38(34)32-19-25(3)16-26(4)20-32;1-5(2,3)4/h11-22H,1-10H3;1-2H3. The minimum Gasteiger partial charge on any atom is -0.146 e. The molecule has 2 atom stereocenters. The van der Waals surface area contributed by atoms with E-state index in [4.69, 9.17) is 22.2 Å². The third-order valence-electron chi connectivity index (χ3n) is 9.80. The third-order valence-corrected chi connectivity index (χ3v) is 12.1. The number of fused-ring (bicyclic) bond motifs is 2. The van der Waals surface area contributed by atoms with Crippen LogP contribution < -0.4 is 0 Å². The van der Waals surface area contributed by atoms with Gasteiger partial charge in [-0.1, -0.05) is 120 Å². The molecule has 0 aromatic heterocycles. The molecular formula is C42H48Cl2Si2. The molecule has 0 N–H and O–H groups in total. The van der Waals surface area contributed by atoms with Crippen LogP contribution in [-0.4, -0.2) is 16.2 Å². The molecule has 4 aromatic rings. The highest BCUT2D eigenvalue weighted by Crippen LogP contribution is 2.52. The van der Waals surface area contributed by atoms with Crippen LogP contribution >= 0.6 is 22.2 Å². The van der Waals surface area contributed by atoms with E-state index in [1.807, 2.05) is 13.1 Å². The number of hydrogen-bond donors (Lipinski definition) is 0. The second-order valence-corrected chi connectivity index (χ2v) is 25.7. The summed E-state index contributed by atoms with van der Waals surface area (Å²) in [6.07, 6.45) is 4.99. The Labute approximate surface area is 291 Å². The van der Waals surface area contributed by atoms with Gasteiger partial charge in [0.2, 0.25) is 6.69 Å². The molecule has 2 radical (unpaired) electrons. The topological polar surface area (TPSA) is 0 Å². The van der Waals surface area contributed by atoms with Crippen LogP contribution in [0.3, 0.4) is 0 Å². The smallest absolute Gasteiger partial charge is 0.146 e. The summed E-state index contributed by atoms with van der Waals surface area (Å²) in [6, 6.07) is 23.5. The first-order chi connectivity index (χ1) is 21.3. The van der Waals surface area contributed by atoms with E-state index in [1.54, 1.807) is 0 Å². The molecule has 6 rings (SSSR count). The van der Waals surface area contributed by atoms with Crippen LogP contribution in [0.2, 0.25) is 13.1 Å². The molecule has 2 aliphatic carbocycles. The van der Waals surface area contributed by atoms with Gasteiger partial charge < -0.3 is 0 Å². The van der Waals surface area contributed by atoms with Crippen LogP contribution in [0.15, 0.2) is 71.8 Å². The van der Waals surface area contributed by atoms with E-state index in [0.29, 0.717) is 9.52 Å². The van der Waals surface area contributed by atoms with Gasteiger partial charge >= 0.3 is 0 Å². The number of aryl methyl sites for hydroxylation is 6. The average molecular weight is 680 g/mol. The Bertz CT molecular complexity index is 1740. The summed E-state index contributed by atoms with van der Waals surface area (Å²) in [7, 11) is 0.696. The van der Waals surface area contributed by atoms with Gasteiger partial charge in [-0.15, -0.1) is 22.2 Å². The Morgan fingerprint density at radius 2 is 0.826 bits per heavy atom. The maximum Gasteiger partial charge on any atom is 0.245 e. The number of benzene rings is 4. The summed E-state index contributed by atoms with van der Waals surface area (Å²) in [6.45, 7) is 25.2. The van der Waals surface area contributed by atoms with Gasteiger partial charge in [-0.3, -0.25) is 0 Å². The van der Waals surface area contributed by atoms with E-state index in [1.165, 1.54) is 89.0 Å². The Morgan fingerprint density at radius 3 is 1.13 bits per heavy atom. The molecule has 238 valence electrons. The van der Waals surface area contributed by atoms with Crippen LogP contribution in [0.25, 0.3) is 34.4 Å². The van der Waals surface area contributed by atoms with Crippen molar-refractivity contribution in [1.82, 2.24) is 0 Å². The number of rotatable bonds is 4. The van der Waals surface area contributed by atoms with E-state index in [9.17, 15) is 0 Å². The van der Waals surface area contributed by atoms with Crippen molar-refractivity contribution < 1.29 is 0 Å². The second-order valence-electron chi connectivity index (χ2n) is 14.5. The Balaban J connectivity index is 0.000000775. The average Bonchev–Trinajstić information content (AvgIpc) is 3.29. The maximum atomic E-state index is 5.43. The largest absolute Gasteiger partial charge is 0.245 e. The molecule has 4 heteroatoms. The van der Waals surface area contributed by atoms with Gasteiger partial charge in [-0.25, -0.2) is 0 Å². The third kappa shape index (κ3) is 6.56. The van der Waals surface area contributed by atoms with Gasteiger partial charge in [0.1, 0.15) is 0 Å². The first-order valence-electron chi connectivity index (χ1n) is 16.3. The molecule has 0 bridgehead atoms. The summed E-state index contributed by atoms with van der Waals surface area (Å²) in [5.74, 6) is 0. The van der Waals surface area contributed by atoms with Crippen molar-refractivity contribution in [2.24, 2.45) is 0 Å². The van der Waals surface area contributed by atoms with Crippen molar-refractivity contribution >= 4 is 50.5 Å². The van der Waals surface area contributed by atoms with Crippen molar-refractivity contribution in [3.8, 4) is 22.3 Å². The zero-order valence-corrected chi connectivity index (χ0v) is 33.2. The number of allylic oxidation sites excluding steroid dienone is 2. The van der Waals surface area contributed by atoms with E-state index < -0.39 is 6.69 Å². The zero-order chi connectivity index (χ0) is 33.9. The Kier molecular flexibility index (Phi) is 9.38. The molecule has 46 heavy (non-hydrogen) atoms. The first kappa shape index (κ1) is 34.7. The van der Waals surface area contributed by atoms with Crippen LogP contribution in [-0.2, 0) is 10.1 Å². The van der Waals surface area contributed by atoms with Crippen molar-refractivity contribution in [3.63, 3.8) is 0 Å². The lowest BCUT2D eigenvalue weighted by atomic mass is 9.88. The zero-order valence-electron chi connectivity index (χ0n) is 29.7. The van der Waals surface area contributed by atoms with Crippen molar-refractivity contribution in [1.29, 1.82) is 0 Å². The lowest BCUT2D eigenvalue weighted by molar-refractivity contribution is 0.717. The first-order valence-corrected chi connectivity index (χ1v) is 22.3. The summed E-state index contributed by atoms with van der Waals surface area (Å²) in [5, 5.41) is -0.0415. The fourth-order valence-corrected chi connectivity index (χ4v) is 9.86. The van der Waals surface area contributed by atoms with Gasteiger partial charge in [0.05, 0.1) is 9.52 Å². The lowest BCUT2D eigenvalue weighted by Gasteiger charge is -2.38. The summed E-state index contributed by atoms with van der Waals surface area (Å²) in [4.78, 5) is 0. The minimum absolute atomic E-state index is 0.0207. The van der Waals surface area contributed by atoms with Crippen LogP contribution in [0.5, 0.6) is 0 Å². The number of halogens is 2. The van der Waals surface area contributed by atoms with Crippen LogP contribution in [0.1, 0.15) is 83.3 Å².